The van der Waals surface area contributed by atoms with Gasteiger partial charge >= 0.3 is 0 Å². The van der Waals surface area contributed by atoms with Crippen molar-refractivity contribution in [3.05, 3.63) is 53.8 Å². The monoisotopic (exact) mass is 230 g/mol. The zero-order valence-corrected chi connectivity index (χ0v) is 10.0. The number of aryl methyl sites for hydroxylation is 1. The fourth-order valence-electron chi connectivity index (χ4n) is 1.81. The number of hydrogen-bond acceptors (Lipinski definition) is 1. The van der Waals surface area contributed by atoms with Crippen LogP contribution in [0.25, 0.3) is 11.1 Å². The van der Waals surface area contributed by atoms with Gasteiger partial charge in [0.15, 0.2) is 11.6 Å². The fraction of sp³-hybridized carbons (Fsp3) is 0.200. The van der Waals surface area contributed by atoms with E-state index in [1.165, 1.54) is 0 Å². The first kappa shape index (κ1) is 11.6. The third-order valence-corrected chi connectivity index (χ3v) is 2.59. The molecule has 0 unspecified atom stereocenters. The lowest BCUT2D eigenvalue weighted by molar-refractivity contribution is 0.322. The normalized spacial score (nSPS) is 10.3. The summed E-state index contributed by atoms with van der Waals surface area (Å²) in [7, 11) is 0. The molecule has 88 valence electrons. The summed E-state index contributed by atoms with van der Waals surface area (Å²) in [5.41, 5.74) is 2.58. The topological polar surface area (TPSA) is 9.23 Å². The SMILES string of the molecule is CCOc1cccc(-c2cccc(C)c2)c1F. The molecule has 0 bridgehead atoms. The summed E-state index contributed by atoms with van der Waals surface area (Å²) in [6, 6.07) is 13.0. The van der Waals surface area contributed by atoms with Crippen LogP contribution in [-0.2, 0) is 0 Å². The Labute approximate surface area is 101 Å². The first-order valence-electron chi connectivity index (χ1n) is 5.70. The minimum Gasteiger partial charge on any atom is -0.491 e. The second-order valence-electron chi connectivity index (χ2n) is 3.92. The summed E-state index contributed by atoms with van der Waals surface area (Å²) >= 11 is 0. The lowest BCUT2D eigenvalue weighted by atomic mass is 10.0. The van der Waals surface area contributed by atoms with Crippen molar-refractivity contribution in [2.45, 2.75) is 13.8 Å². The van der Waals surface area contributed by atoms with Gasteiger partial charge in [0.05, 0.1) is 6.61 Å². The van der Waals surface area contributed by atoms with Crippen molar-refractivity contribution in [1.82, 2.24) is 0 Å². The fourth-order valence-corrected chi connectivity index (χ4v) is 1.81. The Hall–Kier alpha value is -1.83. The van der Waals surface area contributed by atoms with Gasteiger partial charge in [0.25, 0.3) is 0 Å². The number of rotatable bonds is 3. The molecule has 0 atom stereocenters. The lowest BCUT2D eigenvalue weighted by Crippen LogP contribution is -1.96. The molecule has 0 N–H and O–H groups in total. The van der Waals surface area contributed by atoms with E-state index in [0.717, 1.165) is 11.1 Å². The van der Waals surface area contributed by atoms with Gasteiger partial charge in [-0.15, -0.1) is 0 Å². The molecular formula is C15H15FO. The van der Waals surface area contributed by atoms with Crippen LogP contribution in [-0.4, -0.2) is 6.61 Å². The largest absolute Gasteiger partial charge is 0.491 e. The molecule has 0 aliphatic rings. The zero-order valence-electron chi connectivity index (χ0n) is 10.0. The Balaban J connectivity index is 2.49. The van der Waals surface area contributed by atoms with Gasteiger partial charge in [-0.2, -0.15) is 0 Å². The first-order valence-corrected chi connectivity index (χ1v) is 5.70. The van der Waals surface area contributed by atoms with Crippen LogP contribution < -0.4 is 4.74 Å². The molecule has 0 aliphatic heterocycles. The van der Waals surface area contributed by atoms with E-state index in [0.29, 0.717) is 17.9 Å². The molecule has 0 amide bonds. The van der Waals surface area contributed by atoms with Crippen LogP contribution in [0.1, 0.15) is 12.5 Å². The molecule has 1 nitrogen and oxygen atoms in total. The molecule has 2 aromatic rings. The molecule has 2 heteroatoms. The summed E-state index contributed by atoms with van der Waals surface area (Å²) in [5.74, 6) is 0.0199. The summed E-state index contributed by atoms with van der Waals surface area (Å²) < 4.78 is 19.4. The Morgan fingerprint density at radius 1 is 1.12 bits per heavy atom. The average molecular weight is 230 g/mol. The molecule has 0 aromatic heterocycles. The second kappa shape index (κ2) is 5.00. The van der Waals surface area contributed by atoms with E-state index in [1.807, 2.05) is 44.2 Å². The van der Waals surface area contributed by atoms with Gasteiger partial charge in [-0.25, -0.2) is 4.39 Å². The van der Waals surface area contributed by atoms with E-state index in [1.54, 1.807) is 12.1 Å². The molecule has 17 heavy (non-hydrogen) atoms. The van der Waals surface area contributed by atoms with Gasteiger partial charge in [0.2, 0.25) is 0 Å². The molecule has 0 fully saturated rings. The van der Waals surface area contributed by atoms with Crippen molar-refractivity contribution in [3.63, 3.8) is 0 Å². The Morgan fingerprint density at radius 2 is 1.88 bits per heavy atom. The Bertz CT molecular complexity index is 520. The highest BCUT2D eigenvalue weighted by Crippen LogP contribution is 2.29. The van der Waals surface area contributed by atoms with E-state index in [4.69, 9.17) is 4.74 Å². The Kier molecular flexibility index (Phi) is 3.43. The molecule has 2 rings (SSSR count). The van der Waals surface area contributed by atoms with E-state index >= 15 is 0 Å². The van der Waals surface area contributed by atoms with Gasteiger partial charge in [-0.05, 0) is 25.5 Å². The van der Waals surface area contributed by atoms with Crippen LogP contribution in [0.2, 0.25) is 0 Å². The first-order chi connectivity index (χ1) is 8.22. The van der Waals surface area contributed by atoms with Gasteiger partial charge < -0.3 is 4.74 Å². The second-order valence-corrected chi connectivity index (χ2v) is 3.92. The molecule has 2 aromatic carbocycles. The minimum absolute atomic E-state index is 0.292. The van der Waals surface area contributed by atoms with E-state index in [-0.39, 0.29) is 5.82 Å². The molecule has 0 saturated carbocycles. The summed E-state index contributed by atoms with van der Waals surface area (Å²) in [6.07, 6.45) is 0. The van der Waals surface area contributed by atoms with Crippen molar-refractivity contribution >= 4 is 0 Å². The summed E-state index contributed by atoms with van der Waals surface area (Å²) in [5, 5.41) is 0. The predicted octanol–water partition coefficient (Wildman–Crippen LogP) is 4.20. The standard InChI is InChI=1S/C15H15FO/c1-3-17-14-9-5-8-13(15(14)16)12-7-4-6-11(2)10-12/h4-10H,3H2,1-2H3. The number of benzene rings is 2. The summed E-state index contributed by atoms with van der Waals surface area (Å²) in [6.45, 7) is 4.31. The van der Waals surface area contributed by atoms with Crippen LogP contribution in [0.5, 0.6) is 5.75 Å². The van der Waals surface area contributed by atoms with Gasteiger partial charge in [0.1, 0.15) is 0 Å². The lowest BCUT2D eigenvalue weighted by Gasteiger charge is -2.09. The Morgan fingerprint density at radius 3 is 2.59 bits per heavy atom. The zero-order chi connectivity index (χ0) is 12.3. The van der Waals surface area contributed by atoms with E-state index < -0.39 is 0 Å². The highest BCUT2D eigenvalue weighted by atomic mass is 19.1. The van der Waals surface area contributed by atoms with Crippen LogP contribution in [0.3, 0.4) is 0 Å². The highest BCUT2D eigenvalue weighted by molar-refractivity contribution is 5.66. The highest BCUT2D eigenvalue weighted by Gasteiger charge is 2.10. The minimum atomic E-state index is -0.292. The van der Waals surface area contributed by atoms with Gasteiger partial charge in [-0.1, -0.05) is 42.0 Å². The van der Waals surface area contributed by atoms with E-state index in [2.05, 4.69) is 0 Å². The molecule has 0 spiro atoms. The molecule has 0 heterocycles. The van der Waals surface area contributed by atoms with Crippen molar-refractivity contribution < 1.29 is 9.13 Å². The maximum absolute atomic E-state index is 14.2. The van der Waals surface area contributed by atoms with Crippen LogP contribution >= 0.6 is 0 Å². The number of hydrogen-bond donors (Lipinski definition) is 0. The third-order valence-electron chi connectivity index (χ3n) is 2.59. The van der Waals surface area contributed by atoms with Crippen LogP contribution in [0.15, 0.2) is 42.5 Å². The maximum Gasteiger partial charge on any atom is 0.172 e. The predicted molar refractivity (Wildman–Crippen MR) is 67.7 cm³/mol. The van der Waals surface area contributed by atoms with E-state index in [9.17, 15) is 4.39 Å². The average Bonchev–Trinajstić information content (AvgIpc) is 2.32. The molecule has 0 aliphatic carbocycles. The number of ether oxygens (including phenoxy) is 1. The molecule has 0 radical (unpaired) electrons. The maximum atomic E-state index is 14.2. The number of halogens is 1. The smallest absolute Gasteiger partial charge is 0.172 e. The van der Waals surface area contributed by atoms with Crippen LogP contribution in [0, 0.1) is 12.7 Å². The van der Waals surface area contributed by atoms with Crippen molar-refractivity contribution in [1.29, 1.82) is 0 Å². The third kappa shape index (κ3) is 2.47. The van der Waals surface area contributed by atoms with Crippen molar-refractivity contribution in [3.8, 4) is 16.9 Å². The van der Waals surface area contributed by atoms with Crippen LogP contribution in [0.4, 0.5) is 4.39 Å². The van der Waals surface area contributed by atoms with Crippen molar-refractivity contribution in [2.75, 3.05) is 6.61 Å². The van der Waals surface area contributed by atoms with Crippen molar-refractivity contribution in [2.24, 2.45) is 0 Å². The molecular weight excluding hydrogens is 215 g/mol. The summed E-state index contributed by atoms with van der Waals surface area (Å²) in [4.78, 5) is 0. The van der Waals surface area contributed by atoms with Gasteiger partial charge in [0, 0.05) is 5.56 Å². The molecule has 0 saturated heterocycles. The quantitative estimate of drug-likeness (QED) is 0.767. The van der Waals surface area contributed by atoms with Gasteiger partial charge in [-0.3, -0.25) is 0 Å².